The Morgan fingerprint density at radius 1 is 1.21 bits per heavy atom. The molecule has 1 aromatic rings. The van der Waals surface area contributed by atoms with Gasteiger partial charge in [-0.15, -0.1) is 0 Å². The zero-order valence-corrected chi connectivity index (χ0v) is 10.2. The molecule has 1 heteroatoms. The van der Waals surface area contributed by atoms with Gasteiger partial charge in [-0.1, -0.05) is 27.7 Å². The molecule has 0 aliphatic heterocycles. The van der Waals surface area contributed by atoms with Crippen molar-refractivity contribution in [3.63, 3.8) is 0 Å². The zero-order chi connectivity index (χ0) is 10.9. The van der Waals surface area contributed by atoms with Crippen LogP contribution in [-0.2, 0) is 11.8 Å². The molecule has 0 atom stereocenters. The van der Waals surface area contributed by atoms with E-state index in [9.17, 15) is 0 Å². The molecule has 0 aliphatic carbocycles. The van der Waals surface area contributed by atoms with Crippen molar-refractivity contribution in [2.75, 3.05) is 0 Å². The van der Waals surface area contributed by atoms with Gasteiger partial charge in [-0.2, -0.15) is 0 Å². The summed E-state index contributed by atoms with van der Waals surface area (Å²) in [5.74, 6) is 0. The SMILES string of the molecule is CCc1cc(C)c(C(C)(C)C)c(C)n1. The fraction of sp³-hybridized carbons (Fsp3) is 0.615. The number of rotatable bonds is 1. The molecule has 0 fully saturated rings. The zero-order valence-electron chi connectivity index (χ0n) is 10.2. The van der Waals surface area contributed by atoms with E-state index < -0.39 is 0 Å². The van der Waals surface area contributed by atoms with Crippen molar-refractivity contribution in [1.29, 1.82) is 0 Å². The van der Waals surface area contributed by atoms with Gasteiger partial charge in [0, 0.05) is 11.4 Å². The molecule has 0 spiro atoms. The van der Waals surface area contributed by atoms with Gasteiger partial charge in [-0.05, 0) is 42.9 Å². The maximum absolute atomic E-state index is 4.62. The number of aromatic nitrogens is 1. The molecular weight excluding hydrogens is 170 g/mol. The van der Waals surface area contributed by atoms with E-state index in [4.69, 9.17) is 0 Å². The fourth-order valence-electron chi connectivity index (χ4n) is 2.23. The van der Waals surface area contributed by atoms with Gasteiger partial charge in [0.15, 0.2) is 0 Å². The Morgan fingerprint density at radius 3 is 2.14 bits per heavy atom. The van der Waals surface area contributed by atoms with Crippen LogP contribution in [0, 0.1) is 13.8 Å². The first-order valence-electron chi connectivity index (χ1n) is 5.34. The smallest absolute Gasteiger partial charge is 0.0415 e. The van der Waals surface area contributed by atoms with Crippen molar-refractivity contribution < 1.29 is 0 Å². The topological polar surface area (TPSA) is 12.9 Å². The van der Waals surface area contributed by atoms with E-state index in [1.807, 2.05) is 0 Å². The van der Waals surface area contributed by atoms with E-state index >= 15 is 0 Å². The lowest BCUT2D eigenvalue weighted by Crippen LogP contribution is -2.16. The molecule has 78 valence electrons. The molecular formula is C13H21N. The van der Waals surface area contributed by atoms with Gasteiger partial charge >= 0.3 is 0 Å². The third-order valence-corrected chi connectivity index (χ3v) is 2.56. The highest BCUT2D eigenvalue weighted by atomic mass is 14.7. The lowest BCUT2D eigenvalue weighted by Gasteiger charge is -2.24. The van der Waals surface area contributed by atoms with Crippen LogP contribution in [0.4, 0.5) is 0 Å². The molecule has 0 N–H and O–H groups in total. The van der Waals surface area contributed by atoms with Crippen molar-refractivity contribution in [2.24, 2.45) is 0 Å². The molecule has 1 nitrogen and oxygen atoms in total. The van der Waals surface area contributed by atoms with Crippen LogP contribution in [-0.4, -0.2) is 4.98 Å². The van der Waals surface area contributed by atoms with Crippen LogP contribution in [0.25, 0.3) is 0 Å². The van der Waals surface area contributed by atoms with Crippen molar-refractivity contribution in [3.8, 4) is 0 Å². The predicted octanol–water partition coefficient (Wildman–Crippen LogP) is 3.56. The highest BCUT2D eigenvalue weighted by Gasteiger charge is 2.19. The van der Waals surface area contributed by atoms with Gasteiger partial charge in [-0.3, -0.25) is 4.98 Å². The first-order valence-corrected chi connectivity index (χ1v) is 5.34. The third-order valence-electron chi connectivity index (χ3n) is 2.56. The summed E-state index contributed by atoms with van der Waals surface area (Å²) in [6.45, 7) is 13.2. The van der Waals surface area contributed by atoms with Gasteiger partial charge in [0.2, 0.25) is 0 Å². The number of hydrogen-bond acceptors (Lipinski definition) is 1. The molecule has 0 radical (unpaired) electrons. The summed E-state index contributed by atoms with van der Waals surface area (Å²) < 4.78 is 0. The van der Waals surface area contributed by atoms with Crippen LogP contribution in [0.2, 0.25) is 0 Å². The van der Waals surface area contributed by atoms with E-state index in [1.165, 1.54) is 22.5 Å². The average Bonchev–Trinajstić information content (AvgIpc) is 1.99. The van der Waals surface area contributed by atoms with E-state index in [2.05, 4.69) is 52.6 Å². The van der Waals surface area contributed by atoms with Gasteiger partial charge in [0.1, 0.15) is 0 Å². The summed E-state index contributed by atoms with van der Waals surface area (Å²) in [4.78, 5) is 4.62. The quantitative estimate of drug-likeness (QED) is 0.661. The molecule has 0 amide bonds. The minimum absolute atomic E-state index is 0.202. The minimum atomic E-state index is 0.202. The van der Waals surface area contributed by atoms with Crippen molar-refractivity contribution in [3.05, 3.63) is 28.6 Å². The van der Waals surface area contributed by atoms with Gasteiger partial charge in [0.05, 0.1) is 0 Å². The average molecular weight is 191 g/mol. The number of hydrogen-bond donors (Lipinski definition) is 0. The third kappa shape index (κ3) is 2.14. The normalized spacial score (nSPS) is 11.9. The van der Waals surface area contributed by atoms with Gasteiger partial charge in [-0.25, -0.2) is 0 Å². The van der Waals surface area contributed by atoms with Crippen molar-refractivity contribution in [1.82, 2.24) is 4.98 Å². The summed E-state index contributed by atoms with van der Waals surface area (Å²) in [6.07, 6.45) is 1.02. The number of nitrogens with zero attached hydrogens (tertiary/aromatic N) is 1. The van der Waals surface area contributed by atoms with Crippen LogP contribution < -0.4 is 0 Å². The summed E-state index contributed by atoms with van der Waals surface area (Å²) in [6, 6.07) is 2.22. The molecule has 1 heterocycles. The Labute approximate surface area is 87.6 Å². The fourth-order valence-corrected chi connectivity index (χ4v) is 2.23. The lowest BCUT2D eigenvalue weighted by atomic mass is 9.83. The maximum Gasteiger partial charge on any atom is 0.0415 e. The molecule has 1 rings (SSSR count). The molecule has 0 aromatic carbocycles. The monoisotopic (exact) mass is 191 g/mol. The summed E-state index contributed by atoms with van der Waals surface area (Å²) in [5.41, 5.74) is 5.37. The van der Waals surface area contributed by atoms with Crippen LogP contribution in [0.3, 0.4) is 0 Å². The van der Waals surface area contributed by atoms with Crippen molar-refractivity contribution in [2.45, 2.75) is 53.4 Å². The van der Waals surface area contributed by atoms with E-state index in [0.29, 0.717) is 0 Å². The van der Waals surface area contributed by atoms with E-state index in [-0.39, 0.29) is 5.41 Å². The Balaban J connectivity index is 3.33. The van der Waals surface area contributed by atoms with E-state index in [0.717, 1.165) is 6.42 Å². The number of pyridine rings is 1. The molecule has 14 heavy (non-hydrogen) atoms. The molecule has 0 aliphatic rings. The van der Waals surface area contributed by atoms with Gasteiger partial charge in [0.25, 0.3) is 0 Å². The maximum atomic E-state index is 4.62. The Morgan fingerprint density at radius 2 is 1.79 bits per heavy atom. The number of aryl methyl sites for hydroxylation is 3. The molecule has 1 aromatic heterocycles. The minimum Gasteiger partial charge on any atom is -0.258 e. The standard InChI is InChI=1S/C13H21N/c1-7-11-8-9(2)12(10(3)14-11)13(4,5)6/h8H,7H2,1-6H3. The second-order valence-corrected chi connectivity index (χ2v) is 4.99. The van der Waals surface area contributed by atoms with E-state index in [1.54, 1.807) is 0 Å². The first-order chi connectivity index (χ1) is 6.36. The largest absolute Gasteiger partial charge is 0.258 e. The van der Waals surface area contributed by atoms with Crippen molar-refractivity contribution >= 4 is 0 Å². The van der Waals surface area contributed by atoms with Crippen LogP contribution >= 0.6 is 0 Å². The van der Waals surface area contributed by atoms with Crippen LogP contribution in [0.15, 0.2) is 6.07 Å². The summed E-state index contributed by atoms with van der Waals surface area (Å²) >= 11 is 0. The second kappa shape index (κ2) is 3.72. The Bertz CT molecular complexity index is 309. The highest BCUT2D eigenvalue weighted by Crippen LogP contribution is 2.28. The molecule has 0 bridgehead atoms. The second-order valence-electron chi connectivity index (χ2n) is 4.99. The van der Waals surface area contributed by atoms with Gasteiger partial charge < -0.3 is 0 Å². The van der Waals surface area contributed by atoms with Crippen LogP contribution in [0.5, 0.6) is 0 Å². The summed E-state index contributed by atoms with van der Waals surface area (Å²) in [5, 5.41) is 0. The highest BCUT2D eigenvalue weighted by molar-refractivity contribution is 5.36. The lowest BCUT2D eigenvalue weighted by molar-refractivity contribution is 0.576. The van der Waals surface area contributed by atoms with Crippen LogP contribution in [0.1, 0.15) is 50.2 Å². The first kappa shape index (κ1) is 11.2. The Hall–Kier alpha value is -0.850. The summed E-state index contributed by atoms with van der Waals surface area (Å²) in [7, 11) is 0. The Kier molecular flexibility index (Phi) is 2.98. The molecule has 0 unspecified atom stereocenters. The molecule has 0 saturated heterocycles. The predicted molar refractivity (Wildman–Crippen MR) is 61.8 cm³/mol. The molecule has 0 saturated carbocycles.